The summed E-state index contributed by atoms with van der Waals surface area (Å²) in [5.41, 5.74) is -3.36. The number of hydrogen-bond acceptors (Lipinski definition) is 1. The van der Waals surface area contributed by atoms with E-state index in [0.29, 0.717) is 6.07 Å². The normalized spacial score (nSPS) is 12.6. The van der Waals surface area contributed by atoms with Gasteiger partial charge in [-0.1, -0.05) is 0 Å². The van der Waals surface area contributed by atoms with E-state index < -0.39 is 40.7 Å². The second kappa shape index (κ2) is 4.79. The molecular weight excluding hydrogens is 286 g/mol. The number of benzene rings is 1. The minimum absolute atomic E-state index is 0.281. The van der Waals surface area contributed by atoms with Crippen LogP contribution in [0.15, 0.2) is 18.2 Å². The molecule has 8 heteroatoms. The molecule has 100 valence electrons. The van der Waals surface area contributed by atoms with Crippen LogP contribution in [0.25, 0.3) is 0 Å². The second-order valence-electron chi connectivity index (χ2n) is 3.40. The lowest BCUT2D eigenvalue weighted by atomic mass is 10.0. The second-order valence-corrected chi connectivity index (χ2v) is 3.82. The predicted octanol–water partition coefficient (Wildman–Crippen LogP) is 4.03. The molecular formula is C10H5ClF6O. The Labute approximate surface area is 102 Å². The Morgan fingerprint density at radius 1 is 1.06 bits per heavy atom. The molecule has 18 heavy (non-hydrogen) atoms. The van der Waals surface area contributed by atoms with Crippen molar-refractivity contribution in [3.63, 3.8) is 0 Å². The van der Waals surface area contributed by atoms with Crippen molar-refractivity contribution in [1.29, 1.82) is 0 Å². The first-order valence-electron chi connectivity index (χ1n) is 4.47. The van der Waals surface area contributed by atoms with Crippen molar-refractivity contribution in [3.8, 4) is 0 Å². The quantitative estimate of drug-likeness (QED) is 0.593. The summed E-state index contributed by atoms with van der Waals surface area (Å²) in [6.07, 6.45) is -10.5. The summed E-state index contributed by atoms with van der Waals surface area (Å²) < 4.78 is 74.5. The fraction of sp³-hybridized carbons (Fsp3) is 0.300. The first-order chi connectivity index (χ1) is 8.01. The number of hydrogen-bond donors (Lipinski definition) is 0. The van der Waals surface area contributed by atoms with Crippen LogP contribution in [0.1, 0.15) is 16.7 Å². The zero-order valence-corrected chi connectivity index (χ0v) is 9.25. The lowest BCUT2D eigenvalue weighted by molar-refractivity contribution is -0.142. The molecule has 0 saturated carbocycles. The highest BCUT2D eigenvalue weighted by atomic mass is 35.5. The van der Waals surface area contributed by atoms with Gasteiger partial charge < -0.3 is 0 Å². The van der Waals surface area contributed by atoms with Crippen molar-refractivity contribution in [1.82, 2.24) is 0 Å². The molecule has 0 fully saturated rings. The van der Waals surface area contributed by atoms with Crippen molar-refractivity contribution in [2.75, 3.05) is 0 Å². The first kappa shape index (κ1) is 14.8. The van der Waals surface area contributed by atoms with Crippen LogP contribution >= 0.6 is 11.6 Å². The maximum atomic E-state index is 12.5. The molecule has 0 unspecified atom stereocenters. The molecule has 0 aliphatic heterocycles. The fourth-order valence-corrected chi connectivity index (χ4v) is 1.49. The molecule has 0 aliphatic carbocycles. The highest BCUT2D eigenvalue weighted by Gasteiger charge is 2.37. The predicted molar refractivity (Wildman–Crippen MR) is 51.0 cm³/mol. The zero-order chi connectivity index (χ0) is 14.1. The number of carbonyl (C=O) groups excluding carboxylic acids is 1. The molecule has 0 radical (unpaired) electrons. The largest absolute Gasteiger partial charge is 0.416 e. The van der Waals surface area contributed by atoms with Crippen LogP contribution in [0.4, 0.5) is 26.3 Å². The van der Waals surface area contributed by atoms with Gasteiger partial charge in [-0.2, -0.15) is 26.3 Å². The van der Waals surface area contributed by atoms with Crippen LogP contribution in [-0.4, -0.2) is 5.24 Å². The van der Waals surface area contributed by atoms with Crippen LogP contribution in [-0.2, 0) is 23.6 Å². The Kier molecular flexibility index (Phi) is 3.95. The summed E-state index contributed by atoms with van der Waals surface area (Å²) in [7, 11) is 0. The summed E-state index contributed by atoms with van der Waals surface area (Å²) in [6, 6.07) is 0.881. The van der Waals surface area contributed by atoms with E-state index in [1.54, 1.807) is 0 Å². The molecule has 1 aromatic rings. The van der Waals surface area contributed by atoms with Gasteiger partial charge in [0.1, 0.15) is 0 Å². The van der Waals surface area contributed by atoms with E-state index in [9.17, 15) is 31.1 Å². The Hall–Kier alpha value is -1.24. The van der Waals surface area contributed by atoms with Gasteiger partial charge in [-0.05, 0) is 35.4 Å². The third kappa shape index (κ3) is 3.63. The molecule has 1 nitrogen and oxygen atoms in total. The van der Waals surface area contributed by atoms with Crippen LogP contribution in [0.3, 0.4) is 0 Å². The van der Waals surface area contributed by atoms with E-state index in [1.165, 1.54) is 0 Å². The molecule has 1 aromatic carbocycles. The standard InChI is InChI=1S/C10H5ClF6O/c11-8(18)4-5-3-6(9(12,13)14)1-2-7(5)10(15,16)17/h1-3H,4H2. The number of alkyl halides is 6. The molecule has 0 heterocycles. The average Bonchev–Trinajstić information content (AvgIpc) is 2.13. The SMILES string of the molecule is O=C(Cl)Cc1cc(C(F)(F)F)ccc1C(F)(F)F. The zero-order valence-electron chi connectivity index (χ0n) is 8.49. The van der Waals surface area contributed by atoms with E-state index in [1.807, 2.05) is 0 Å². The summed E-state index contributed by atoms with van der Waals surface area (Å²) in [5, 5.41) is -1.17. The first-order valence-corrected chi connectivity index (χ1v) is 4.85. The van der Waals surface area contributed by atoms with Crippen LogP contribution < -0.4 is 0 Å². The molecule has 0 saturated heterocycles. The van der Waals surface area contributed by atoms with Gasteiger partial charge in [0.15, 0.2) is 0 Å². The van der Waals surface area contributed by atoms with Gasteiger partial charge >= 0.3 is 12.4 Å². The van der Waals surface area contributed by atoms with Crippen molar-refractivity contribution in [2.24, 2.45) is 0 Å². The Bertz CT molecular complexity index is 462. The lowest BCUT2D eigenvalue weighted by Crippen LogP contribution is -2.14. The summed E-state index contributed by atoms with van der Waals surface area (Å²) >= 11 is 4.91. The van der Waals surface area contributed by atoms with Crippen LogP contribution in [0, 0.1) is 0 Å². The third-order valence-electron chi connectivity index (χ3n) is 2.07. The molecule has 0 spiro atoms. The average molecular weight is 291 g/mol. The monoisotopic (exact) mass is 290 g/mol. The Morgan fingerprint density at radius 3 is 2.00 bits per heavy atom. The van der Waals surface area contributed by atoms with E-state index in [0.717, 1.165) is 0 Å². The fourth-order valence-electron chi connectivity index (χ4n) is 1.34. The number of halogens is 7. The lowest BCUT2D eigenvalue weighted by Gasteiger charge is -2.14. The smallest absolute Gasteiger partial charge is 0.281 e. The Morgan fingerprint density at radius 2 is 1.61 bits per heavy atom. The number of rotatable bonds is 2. The van der Waals surface area contributed by atoms with Gasteiger partial charge in [0.05, 0.1) is 11.1 Å². The molecule has 1 rings (SSSR count). The number of carbonyl (C=O) groups is 1. The van der Waals surface area contributed by atoms with Crippen LogP contribution in [0.5, 0.6) is 0 Å². The highest BCUT2D eigenvalue weighted by molar-refractivity contribution is 6.63. The van der Waals surface area contributed by atoms with Gasteiger partial charge in [0, 0.05) is 6.42 Å². The summed E-state index contributed by atoms with van der Waals surface area (Å²) in [5.74, 6) is 0. The van der Waals surface area contributed by atoms with Gasteiger partial charge in [-0.25, -0.2) is 0 Å². The van der Waals surface area contributed by atoms with Crippen molar-refractivity contribution in [2.45, 2.75) is 18.8 Å². The minimum Gasteiger partial charge on any atom is -0.281 e. The van der Waals surface area contributed by atoms with Crippen molar-refractivity contribution < 1.29 is 31.1 Å². The summed E-state index contributed by atoms with van der Waals surface area (Å²) in [4.78, 5) is 10.6. The molecule has 0 aliphatic rings. The van der Waals surface area contributed by atoms with Gasteiger partial charge in [-0.3, -0.25) is 4.79 Å². The molecule has 0 aromatic heterocycles. The van der Waals surface area contributed by atoms with Crippen LogP contribution in [0.2, 0.25) is 0 Å². The van der Waals surface area contributed by atoms with Gasteiger partial charge in [0.25, 0.3) is 0 Å². The third-order valence-corrected chi connectivity index (χ3v) is 2.20. The van der Waals surface area contributed by atoms with E-state index in [4.69, 9.17) is 11.6 Å². The molecule has 0 atom stereocenters. The van der Waals surface area contributed by atoms with E-state index in [-0.39, 0.29) is 12.1 Å². The molecule has 0 N–H and O–H groups in total. The molecule has 0 amide bonds. The van der Waals surface area contributed by atoms with Crippen molar-refractivity contribution in [3.05, 3.63) is 34.9 Å². The maximum Gasteiger partial charge on any atom is 0.416 e. The summed E-state index contributed by atoms with van der Waals surface area (Å²) in [6.45, 7) is 0. The van der Waals surface area contributed by atoms with Crippen molar-refractivity contribution >= 4 is 16.8 Å². The minimum atomic E-state index is -4.84. The molecule has 0 bridgehead atoms. The highest BCUT2D eigenvalue weighted by Crippen LogP contribution is 2.36. The van der Waals surface area contributed by atoms with E-state index >= 15 is 0 Å². The maximum absolute atomic E-state index is 12.5. The van der Waals surface area contributed by atoms with Gasteiger partial charge in [0.2, 0.25) is 5.24 Å². The topological polar surface area (TPSA) is 17.1 Å². The van der Waals surface area contributed by atoms with E-state index in [2.05, 4.69) is 0 Å². The van der Waals surface area contributed by atoms with Gasteiger partial charge in [-0.15, -0.1) is 0 Å². The Balaban J connectivity index is 3.34.